The van der Waals surface area contributed by atoms with Crippen molar-refractivity contribution < 1.29 is 13.2 Å². The van der Waals surface area contributed by atoms with Gasteiger partial charge in [0.2, 0.25) is 10.0 Å². The molecule has 0 aliphatic rings. The van der Waals surface area contributed by atoms with Crippen molar-refractivity contribution in [2.75, 3.05) is 7.05 Å². The first-order valence-electron chi connectivity index (χ1n) is 8.48. The molecule has 0 spiro atoms. The summed E-state index contributed by atoms with van der Waals surface area (Å²) in [5.41, 5.74) is 1.48. The Bertz CT molecular complexity index is 1050. The highest BCUT2D eigenvalue weighted by atomic mass is 32.2. The number of amides is 2. The molecule has 0 atom stereocenters. The third kappa shape index (κ3) is 4.72. The fourth-order valence-corrected chi connectivity index (χ4v) is 3.33. The molecule has 0 unspecified atom stereocenters. The van der Waals surface area contributed by atoms with Crippen molar-refractivity contribution in [3.63, 3.8) is 0 Å². The molecule has 1 aromatic carbocycles. The van der Waals surface area contributed by atoms with Gasteiger partial charge < -0.3 is 10.6 Å². The van der Waals surface area contributed by atoms with Gasteiger partial charge in [-0.1, -0.05) is 18.2 Å². The van der Waals surface area contributed by atoms with Gasteiger partial charge in [-0.15, -0.1) is 0 Å². The summed E-state index contributed by atoms with van der Waals surface area (Å²) >= 11 is 0. The minimum Gasteiger partial charge on any atom is -0.334 e. The van der Waals surface area contributed by atoms with Gasteiger partial charge in [0.05, 0.1) is 4.90 Å². The van der Waals surface area contributed by atoms with Gasteiger partial charge >= 0.3 is 6.03 Å². The summed E-state index contributed by atoms with van der Waals surface area (Å²) in [6.45, 7) is 0.459. The third-order valence-electron chi connectivity index (χ3n) is 3.96. The van der Waals surface area contributed by atoms with Crippen molar-refractivity contribution in [2.24, 2.45) is 0 Å². The molecule has 0 bridgehead atoms. The Hall–Kier alpha value is -3.24. The monoisotopic (exact) mass is 400 g/mol. The van der Waals surface area contributed by atoms with Crippen LogP contribution in [0.2, 0.25) is 0 Å². The molecule has 2 aromatic heterocycles. The minimum absolute atomic E-state index is 0.147. The summed E-state index contributed by atoms with van der Waals surface area (Å²) in [6.07, 6.45) is 5.09. The molecular weight excluding hydrogens is 380 g/mol. The van der Waals surface area contributed by atoms with Crippen molar-refractivity contribution >= 4 is 16.1 Å². The van der Waals surface area contributed by atoms with Crippen LogP contribution < -0.4 is 15.4 Å². The maximum Gasteiger partial charge on any atom is 0.315 e. The molecule has 28 heavy (non-hydrogen) atoms. The van der Waals surface area contributed by atoms with E-state index in [2.05, 4.69) is 25.4 Å². The predicted molar refractivity (Wildman–Crippen MR) is 103 cm³/mol. The molecule has 0 saturated heterocycles. The van der Waals surface area contributed by atoms with Crippen molar-refractivity contribution in [2.45, 2.75) is 18.0 Å². The SMILES string of the molecule is CNS(=O)(=O)c1cccc(CNC(=O)NCc2cccnc2-n2cccn2)c1. The average molecular weight is 400 g/mol. The van der Waals surface area contributed by atoms with E-state index in [-0.39, 0.29) is 24.0 Å². The van der Waals surface area contributed by atoms with Crippen molar-refractivity contribution in [3.8, 4) is 5.82 Å². The van der Waals surface area contributed by atoms with E-state index in [1.807, 2.05) is 6.07 Å². The summed E-state index contributed by atoms with van der Waals surface area (Å²) in [7, 11) is -2.17. The normalized spacial score (nSPS) is 11.2. The lowest BCUT2D eigenvalue weighted by Crippen LogP contribution is -2.34. The van der Waals surface area contributed by atoms with Gasteiger partial charge in [0.15, 0.2) is 5.82 Å². The minimum atomic E-state index is -3.53. The van der Waals surface area contributed by atoms with Crippen LogP contribution in [0, 0.1) is 0 Å². The zero-order valence-electron chi connectivity index (χ0n) is 15.2. The maximum absolute atomic E-state index is 12.1. The van der Waals surface area contributed by atoms with E-state index in [9.17, 15) is 13.2 Å². The van der Waals surface area contributed by atoms with E-state index in [4.69, 9.17) is 0 Å². The number of sulfonamides is 1. The molecule has 3 aromatic rings. The fourth-order valence-electron chi connectivity index (χ4n) is 2.53. The number of urea groups is 1. The van der Waals surface area contributed by atoms with Crippen LogP contribution in [0.15, 0.2) is 66.0 Å². The molecule has 10 heteroatoms. The molecule has 9 nitrogen and oxygen atoms in total. The Morgan fingerprint density at radius 3 is 2.64 bits per heavy atom. The van der Waals surface area contributed by atoms with Crippen LogP contribution in [0.3, 0.4) is 0 Å². The number of aromatic nitrogens is 3. The summed E-state index contributed by atoms with van der Waals surface area (Å²) in [5.74, 6) is 0.637. The number of rotatable bonds is 7. The van der Waals surface area contributed by atoms with Crippen LogP contribution in [-0.2, 0) is 23.1 Å². The van der Waals surface area contributed by atoms with Gasteiger partial charge in [0, 0.05) is 37.2 Å². The predicted octanol–water partition coefficient (Wildman–Crippen LogP) is 1.17. The molecule has 2 heterocycles. The van der Waals surface area contributed by atoms with Gasteiger partial charge in [-0.3, -0.25) is 0 Å². The zero-order chi connectivity index (χ0) is 20.0. The molecule has 0 radical (unpaired) electrons. The number of nitrogens with one attached hydrogen (secondary N) is 3. The largest absolute Gasteiger partial charge is 0.334 e. The smallest absolute Gasteiger partial charge is 0.315 e. The highest BCUT2D eigenvalue weighted by molar-refractivity contribution is 7.89. The topological polar surface area (TPSA) is 118 Å². The summed E-state index contributed by atoms with van der Waals surface area (Å²) in [4.78, 5) is 16.6. The second-order valence-corrected chi connectivity index (χ2v) is 7.71. The molecular formula is C18H20N6O3S. The molecule has 3 rings (SSSR count). The van der Waals surface area contributed by atoms with Crippen LogP contribution in [0.4, 0.5) is 4.79 Å². The first-order valence-corrected chi connectivity index (χ1v) is 9.96. The Kier molecular flexibility index (Phi) is 6.02. The van der Waals surface area contributed by atoms with Gasteiger partial charge in [0.25, 0.3) is 0 Å². The standard InChI is InChI=1S/C18H20N6O3S/c1-19-28(26,27)16-7-2-5-14(11-16)12-21-18(25)22-13-15-6-3-8-20-17(15)24-10-4-9-23-24/h2-11,19H,12-13H2,1H3,(H2,21,22,25). The average Bonchev–Trinajstić information content (AvgIpc) is 3.26. The summed E-state index contributed by atoms with van der Waals surface area (Å²) < 4.78 is 27.6. The van der Waals surface area contributed by atoms with E-state index in [0.717, 1.165) is 5.56 Å². The molecule has 2 amide bonds. The highest BCUT2D eigenvalue weighted by Crippen LogP contribution is 2.11. The van der Waals surface area contributed by atoms with Crippen LogP contribution in [0.1, 0.15) is 11.1 Å². The van der Waals surface area contributed by atoms with E-state index in [1.54, 1.807) is 47.5 Å². The third-order valence-corrected chi connectivity index (χ3v) is 5.37. The number of carbonyl (C=O) groups is 1. The Morgan fingerprint density at radius 1 is 1.07 bits per heavy atom. The van der Waals surface area contributed by atoms with Gasteiger partial charge in [-0.2, -0.15) is 5.10 Å². The van der Waals surface area contributed by atoms with Crippen LogP contribution in [0.5, 0.6) is 0 Å². The second-order valence-electron chi connectivity index (χ2n) is 5.83. The van der Waals surface area contributed by atoms with Crippen molar-refractivity contribution in [3.05, 3.63) is 72.2 Å². The van der Waals surface area contributed by atoms with Crippen molar-refractivity contribution in [1.82, 2.24) is 30.1 Å². The second kappa shape index (κ2) is 8.63. The molecule has 146 valence electrons. The number of carbonyl (C=O) groups excluding carboxylic acids is 1. The van der Waals surface area contributed by atoms with Gasteiger partial charge in [-0.25, -0.2) is 27.6 Å². The molecule has 0 saturated carbocycles. The highest BCUT2D eigenvalue weighted by Gasteiger charge is 2.12. The van der Waals surface area contributed by atoms with Crippen LogP contribution in [0.25, 0.3) is 5.82 Å². The van der Waals surface area contributed by atoms with Gasteiger partial charge in [-0.05, 0) is 36.9 Å². The Balaban J connectivity index is 1.59. The first kappa shape index (κ1) is 19.5. The molecule has 0 aliphatic heterocycles. The number of pyridine rings is 1. The molecule has 3 N–H and O–H groups in total. The quantitative estimate of drug-likeness (QED) is 0.550. The number of hydrogen-bond donors (Lipinski definition) is 3. The summed E-state index contributed by atoms with van der Waals surface area (Å²) in [5, 5.41) is 9.63. The molecule has 0 aliphatic carbocycles. The Labute approximate surface area is 162 Å². The lowest BCUT2D eigenvalue weighted by Gasteiger charge is -2.11. The Morgan fingerprint density at radius 2 is 1.89 bits per heavy atom. The number of hydrogen-bond acceptors (Lipinski definition) is 5. The number of benzene rings is 1. The van der Waals surface area contributed by atoms with Crippen molar-refractivity contribution in [1.29, 1.82) is 0 Å². The lowest BCUT2D eigenvalue weighted by molar-refractivity contribution is 0.240. The van der Waals surface area contributed by atoms with E-state index >= 15 is 0 Å². The molecule has 0 fully saturated rings. The summed E-state index contributed by atoms with van der Waals surface area (Å²) in [6, 6.07) is 11.4. The van der Waals surface area contributed by atoms with E-state index < -0.39 is 10.0 Å². The van der Waals surface area contributed by atoms with E-state index in [0.29, 0.717) is 11.4 Å². The van der Waals surface area contributed by atoms with Crippen LogP contribution >= 0.6 is 0 Å². The number of nitrogens with zero attached hydrogens (tertiary/aromatic N) is 3. The van der Waals surface area contributed by atoms with E-state index in [1.165, 1.54) is 19.2 Å². The lowest BCUT2D eigenvalue weighted by atomic mass is 10.2. The van der Waals surface area contributed by atoms with Crippen LogP contribution in [-0.4, -0.2) is 36.3 Å². The zero-order valence-corrected chi connectivity index (χ0v) is 16.0. The van der Waals surface area contributed by atoms with Gasteiger partial charge in [0.1, 0.15) is 0 Å². The first-order chi connectivity index (χ1) is 13.5. The maximum atomic E-state index is 12.1. The fraction of sp³-hybridized carbons (Fsp3) is 0.167.